The molecule has 1 atom stereocenters. The van der Waals surface area contributed by atoms with Gasteiger partial charge in [0.05, 0.1) is 26.7 Å². The fourth-order valence-corrected chi connectivity index (χ4v) is 2.32. The van der Waals surface area contributed by atoms with Crippen LogP contribution in [0.4, 0.5) is 0 Å². The molecule has 1 aromatic rings. The van der Waals surface area contributed by atoms with Crippen molar-refractivity contribution >= 4 is 5.97 Å². The van der Waals surface area contributed by atoms with Gasteiger partial charge in [0, 0.05) is 0 Å². The van der Waals surface area contributed by atoms with Crippen LogP contribution in [0, 0.1) is 5.92 Å². The normalized spacial score (nSPS) is 18.2. The number of carbonyl (C=O) groups excluding carboxylic acids is 1. The van der Waals surface area contributed by atoms with E-state index in [1.807, 2.05) is 18.2 Å². The lowest BCUT2D eigenvalue weighted by molar-refractivity contribution is -0.141. The number of carbonyl (C=O) groups is 1. The van der Waals surface area contributed by atoms with Gasteiger partial charge in [-0.15, -0.1) is 0 Å². The Morgan fingerprint density at radius 3 is 2.79 bits per heavy atom. The van der Waals surface area contributed by atoms with Gasteiger partial charge in [-0.3, -0.25) is 4.79 Å². The van der Waals surface area contributed by atoms with Crippen molar-refractivity contribution in [3.05, 3.63) is 47.5 Å². The highest BCUT2D eigenvalue weighted by Gasteiger charge is 2.19. The third-order valence-corrected chi connectivity index (χ3v) is 3.36. The number of benzene rings is 1. The molecule has 0 bridgehead atoms. The van der Waals surface area contributed by atoms with Crippen LogP contribution in [0.2, 0.25) is 0 Å². The van der Waals surface area contributed by atoms with Crippen molar-refractivity contribution in [1.82, 2.24) is 0 Å². The van der Waals surface area contributed by atoms with Crippen LogP contribution >= 0.6 is 0 Å². The van der Waals surface area contributed by atoms with E-state index in [2.05, 4.69) is 22.9 Å². The van der Waals surface area contributed by atoms with E-state index in [9.17, 15) is 4.79 Å². The van der Waals surface area contributed by atoms with Crippen molar-refractivity contribution in [1.29, 1.82) is 0 Å². The van der Waals surface area contributed by atoms with E-state index >= 15 is 0 Å². The summed E-state index contributed by atoms with van der Waals surface area (Å²) in [6.45, 7) is 1.30. The molecule has 1 aliphatic carbocycles. The molecule has 3 heteroatoms. The third-order valence-electron chi connectivity index (χ3n) is 3.36. The summed E-state index contributed by atoms with van der Waals surface area (Å²) in [5, 5.41) is 0. The molecule has 102 valence electrons. The van der Waals surface area contributed by atoms with Crippen molar-refractivity contribution in [2.24, 2.45) is 5.92 Å². The van der Waals surface area contributed by atoms with E-state index in [-0.39, 0.29) is 5.97 Å². The maximum Gasteiger partial charge on any atom is 0.306 e. The minimum absolute atomic E-state index is 0.132. The summed E-state index contributed by atoms with van der Waals surface area (Å²) in [5.74, 6) is 0.190. The Kier molecular flexibility index (Phi) is 5.16. The van der Waals surface area contributed by atoms with Crippen LogP contribution in [0.15, 0.2) is 42.0 Å². The quantitative estimate of drug-likeness (QED) is 0.582. The summed E-state index contributed by atoms with van der Waals surface area (Å²) in [5.41, 5.74) is 2.48. The van der Waals surface area contributed by atoms with Crippen molar-refractivity contribution in [2.45, 2.75) is 25.9 Å². The summed E-state index contributed by atoms with van der Waals surface area (Å²) in [7, 11) is 1.44. The number of rotatable bonds is 6. The number of ether oxygens (including phenoxy) is 2. The summed E-state index contributed by atoms with van der Waals surface area (Å²) >= 11 is 0. The van der Waals surface area contributed by atoms with Gasteiger partial charge in [0.1, 0.15) is 0 Å². The maximum atomic E-state index is 11.2. The third kappa shape index (κ3) is 4.52. The van der Waals surface area contributed by atoms with Gasteiger partial charge in [0.25, 0.3) is 0 Å². The molecule has 2 rings (SSSR count). The molecule has 0 N–H and O–H groups in total. The first kappa shape index (κ1) is 13.8. The fraction of sp³-hybridized carbons (Fsp3) is 0.438. The molecule has 19 heavy (non-hydrogen) atoms. The van der Waals surface area contributed by atoms with E-state index in [1.165, 1.54) is 18.2 Å². The van der Waals surface area contributed by atoms with E-state index in [4.69, 9.17) is 4.74 Å². The molecule has 0 saturated heterocycles. The van der Waals surface area contributed by atoms with Crippen molar-refractivity contribution in [3.8, 4) is 0 Å². The summed E-state index contributed by atoms with van der Waals surface area (Å²) in [4.78, 5) is 11.2. The largest absolute Gasteiger partial charge is 0.469 e. The first-order chi connectivity index (χ1) is 9.28. The second-order valence-corrected chi connectivity index (χ2v) is 4.88. The SMILES string of the molecule is COC(=O)C[C@@H]1C=C(COCc2ccccc2)CC1. The zero-order chi connectivity index (χ0) is 13.5. The van der Waals surface area contributed by atoms with Crippen LogP contribution < -0.4 is 0 Å². The molecule has 0 saturated carbocycles. The van der Waals surface area contributed by atoms with Crippen molar-refractivity contribution in [3.63, 3.8) is 0 Å². The van der Waals surface area contributed by atoms with Gasteiger partial charge < -0.3 is 9.47 Å². The number of methoxy groups -OCH3 is 1. The van der Waals surface area contributed by atoms with Gasteiger partial charge in [-0.25, -0.2) is 0 Å². The molecular formula is C16H20O3. The lowest BCUT2D eigenvalue weighted by atomic mass is 10.1. The highest BCUT2D eigenvalue weighted by atomic mass is 16.5. The van der Waals surface area contributed by atoms with Crippen LogP contribution in [-0.4, -0.2) is 19.7 Å². The van der Waals surface area contributed by atoms with Gasteiger partial charge >= 0.3 is 5.97 Å². The first-order valence-corrected chi connectivity index (χ1v) is 6.66. The molecule has 0 fully saturated rings. The van der Waals surface area contributed by atoms with Crippen LogP contribution in [-0.2, 0) is 20.9 Å². The molecular weight excluding hydrogens is 240 g/mol. The Morgan fingerprint density at radius 2 is 2.05 bits per heavy atom. The molecule has 3 nitrogen and oxygen atoms in total. The Labute approximate surface area is 114 Å². The molecule has 0 aromatic heterocycles. The summed E-state index contributed by atoms with van der Waals surface area (Å²) in [6.07, 6.45) is 4.70. The van der Waals surface area contributed by atoms with E-state index < -0.39 is 0 Å². The molecule has 0 amide bonds. The second-order valence-electron chi connectivity index (χ2n) is 4.88. The average Bonchev–Trinajstić information content (AvgIpc) is 2.87. The van der Waals surface area contributed by atoms with Crippen LogP contribution in [0.25, 0.3) is 0 Å². The zero-order valence-corrected chi connectivity index (χ0v) is 11.3. The molecule has 1 aliphatic rings. The smallest absolute Gasteiger partial charge is 0.306 e. The highest BCUT2D eigenvalue weighted by Crippen LogP contribution is 2.27. The minimum atomic E-state index is -0.132. The summed E-state index contributed by atoms with van der Waals surface area (Å²) < 4.78 is 10.4. The van der Waals surface area contributed by atoms with E-state index in [0.29, 0.717) is 25.6 Å². The fourth-order valence-electron chi connectivity index (χ4n) is 2.32. The average molecular weight is 260 g/mol. The lowest BCUT2D eigenvalue weighted by Gasteiger charge is -2.04. The van der Waals surface area contributed by atoms with E-state index in [0.717, 1.165) is 12.8 Å². The van der Waals surface area contributed by atoms with Gasteiger partial charge in [0.15, 0.2) is 0 Å². The number of hydrogen-bond acceptors (Lipinski definition) is 3. The van der Waals surface area contributed by atoms with Crippen molar-refractivity contribution in [2.75, 3.05) is 13.7 Å². The topological polar surface area (TPSA) is 35.5 Å². The zero-order valence-electron chi connectivity index (χ0n) is 11.3. The van der Waals surface area contributed by atoms with Gasteiger partial charge in [-0.1, -0.05) is 36.4 Å². The monoisotopic (exact) mass is 260 g/mol. The lowest BCUT2D eigenvalue weighted by Crippen LogP contribution is -2.05. The maximum absolute atomic E-state index is 11.2. The molecule has 1 aromatic carbocycles. The Bertz CT molecular complexity index is 437. The minimum Gasteiger partial charge on any atom is -0.469 e. The molecule has 0 unspecified atom stereocenters. The molecule has 0 spiro atoms. The van der Waals surface area contributed by atoms with Gasteiger partial charge in [-0.05, 0) is 29.9 Å². The molecule has 0 aliphatic heterocycles. The Hall–Kier alpha value is -1.61. The number of esters is 1. The first-order valence-electron chi connectivity index (χ1n) is 6.66. The second kappa shape index (κ2) is 7.10. The van der Waals surface area contributed by atoms with Crippen LogP contribution in [0.5, 0.6) is 0 Å². The molecule has 0 heterocycles. The van der Waals surface area contributed by atoms with Gasteiger partial charge in [0.2, 0.25) is 0 Å². The Morgan fingerprint density at radius 1 is 1.26 bits per heavy atom. The van der Waals surface area contributed by atoms with Gasteiger partial charge in [-0.2, -0.15) is 0 Å². The molecule has 0 radical (unpaired) electrons. The highest BCUT2D eigenvalue weighted by molar-refractivity contribution is 5.69. The standard InChI is InChI=1S/C16H20O3/c1-18-16(17)10-14-7-8-15(9-14)12-19-11-13-5-3-2-4-6-13/h2-6,9,14H,7-8,10-12H2,1H3/t14-/m0/s1. The number of allylic oxidation sites excluding steroid dienone is 1. The predicted octanol–water partition coefficient (Wildman–Crippen LogP) is 3.10. The summed E-state index contributed by atoms with van der Waals surface area (Å²) in [6, 6.07) is 10.1. The van der Waals surface area contributed by atoms with Crippen molar-refractivity contribution < 1.29 is 14.3 Å². The van der Waals surface area contributed by atoms with Crippen LogP contribution in [0.1, 0.15) is 24.8 Å². The Balaban J connectivity index is 1.72. The van der Waals surface area contributed by atoms with Crippen LogP contribution in [0.3, 0.4) is 0 Å². The predicted molar refractivity (Wildman–Crippen MR) is 73.5 cm³/mol. The van der Waals surface area contributed by atoms with E-state index in [1.54, 1.807) is 0 Å². The number of hydrogen-bond donors (Lipinski definition) is 0.